The molecule has 0 spiro atoms. The molecule has 3 aromatic rings. The van der Waals surface area contributed by atoms with Crippen LogP contribution in [0.4, 0.5) is 0 Å². The van der Waals surface area contributed by atoms with Gasteiger partial charge < -0.3 is 9.88 Å². The maximum absolute atomic E-state index is 12.8. The molecule has 0 bridgehead atoms. The van der Waals surface area contributed by atoms with Gasteiger partial charge in [-0.15, -0.1) is 12.6 Å². The van der Waals surface area contributed by atoms with Crippen LogP contribution in [0.2, 0.25) is 0 Å². The number of fused-ring (bicyclic) bond motifs is 3. The first-order valence-corrected chi connectivity index (χ1v) is 7.84. The zero-order valence-corrected chi connectivity index (χ0v) is 12.9. The highest BCUT2D eigenvalue weighted by Gasteiger charge is 2.25. The Morgan fingerprint density at radius 2 is 1.86 bits per heavy atom. The van der Waals surface area contributed by atoms with Gasteiger partial charge in [-0.05, 0) is 18.2 Å². The number of carbonyl (C=O) groups excluding carboxylic acids is 1. The number of benzene rings is 2. The number of amides is 1. The Morgan fingerprint density at radius 1 is 1.09 bits per heavy atom. The van der Waals surface area contributed by atoms with Crippen LogP contribution >= 0.6 is 12.6 Å². The fourth-order valence-electron chi connectivity index (χ4n) is 3.16. The number of nitrogens with zero attached hydrogens (tertiary/aromatic N) is 1. The van der Waals surface area contributed by atoms with Crippen LogP contribution in [0.15, 0.2) is 53.4 Å². The number of rotatable bonds is 1. The minimum atomic E-state index is 0.0570. The highest BCUT2D eigenvalue weighted by molar-refractivity contribution is 7.80. The van der Waals surface area contributed by atoms with Crippen LogP contribution < -0.4 is 0 Å². The number of aromatic nitrogens is 1. The average Bonchev–Trinajstić information content (AvgIpc) is 2.92. The zero-order chi connectivity index (χ0) is 15.1. The van der Waals surface area contributed by atoms with E-state index in [9.17, 15) is 4.79 Å². The number of nitrogens with one attached hydrogen (secondary N) is 1. The van der Waals surface area contributed by atoms with Crippen LogP contribution in [-0.2, 0) is 13.0 Å². The average molecular weight is 308 g/mol. The quantitative estimate of drug-likeness (QED) is 0.661. The molecule has 110 valence electrons. The first kappa shape index (κ1) is 13.5. The van der Waals surface area contributed by atoms with E-state index in [1.807, 2.05) is 41.3 Å². The van der Waals surface area contributed by atoms with E-state index >= 15 is 0 Å². The molecule has 4 rings (SSSR count). The van der Waals surface area contributed by atoms with Crippen molar-refractivity contribution in [3.05, 3.63) is 65.4 Å². The monoisotopic (exact) mass is 308 g/mol. The standard InChI is InChI=1S/C18H16N2OS/c21-18(13-6-2-4-8-17(13)22)20-10-9-16-14(11-20)12-5-1-3-7-15(12)19-16/h1-8,19,22H,9-11H2. The van der Waals surface area contributed by atoms with E-state index in [0.29, 0.717) is 12.1 Å². The Bertz CT molecular complexity index is 868. The lowest BCUT2D eigenvalue weighted by atomic mass is 10.0. The lowest BCUT2D eigenvalue weighted by Gasteiger charge is -2.27. The smallest absolute Gasteiger partial charge is 0.255 e. The summed E-state index contributed by atoms with van der Waals surface area (Å²) in [6.45, 7) is 1.39. The maximum Gasteiger partial charge on any atom is 0.255 e. The van der Waals surface area contributed by atoms with Gasteiger partial charge in [-0.2, -0.15) is 0 Å². The first-order valence-electron chi connectivity index (χ1n) is 7.40. The fourth-order valence-corrected chi connectivity index (χ4v) is 3.42. The summed E-state index contributed by atoms with van der Waals surface area (Å²) >= 11 is 4.41. The van der Waals surface area contributed by atoms with E-state index in [1.165, 1.54) is 16.6 Å². The third-order valence-electron chi connectivity index (χ3n) is 4.30. The molecule has 0 unspecified atom stereocenters. The highest BCUT2D eigenvalue weighted by Crippen LogP contribution is 2.28. The van der Waals surface area contributed by atoms with Gasteiger partial charge >= 0.3 is 0 Å². The maximum atomic E-state index is 12.8. The van der Waals surface area contributed by atoms with Gasteiger partial charge in [0.1, 0.15) is 0 Å². The van der Waals surface area contributed by atoms with Crippen molar-refractivity contribution in [1.82, 2.24) is 9.88 Å². The van der Waals surface area contributed by atoms with Crippen LogP contribution in [0.1, 0.15) is 21.6 Å². The summed E-state index contributed by atoms with van der Waals surface area (Å²) in [4.78, 5) is 18.9. The van der Waals surface area contributed by atoms with E-state index in [-0.39, 0.29) is 5.91 Å². The van der Waals surface area contributed by atoms with Crippen molar-refractivity contribution in [2.75, 3.05) is 6.54 Å². The molecule has 4 heteroatoms. The molecule has 0 aliphatic carbocycles. The van der Waals surface area contributed by atoms with E-state index in [1.54, 1.807) is 0 Å². The van der Waals surface area contributed by atoms with Gasteiger partial charge in [-0.3, -0.25) is 4.79 Å². The second-order valence-corrected chi connectivity index (χ2v) is 6.10. The molecule has 0 saturated carbocycles. The summed E-state index contributed by atoms with van der Waals surface area (Å²) in [5.41, 5.74) is 4.32. The van der Waals surface area contributed by atoms with Crippen LogP contribution in [0.25, 0.3) is 10.9 Å². The molecule has 0 atom stereocenters. The molecule has 2 aromatic carbocycles. The molecule has 0 fully saturated rings. The fraction of sp³-hybridized carbons (Fsp3) is 0.167. The lowest BCUT2D eigenvalue weighted by molar-refractivity contribution is 0.0731. The van der Waals surface area contributed by atoms with E-state index in [4.69, 9.17) is 0 Å². The van der Waals surface area contributed by atoms with Gasteiger partial charge in [0.15, 0.2) is 0 Å². The van der Waals surface area contributed by atoms with E-state index < -0.39 is 0 Å². The molecular weight excluding hydrogens is 292 g/mol. The van der Waals surface area contributed by atoms with Gasteiger partial charge in [-0.25, -0.2) is 0 Å². The number of hydrogen-bond donors (Lipinski definition) is 2. The van der Waals surface area contributed by atoms with Gasteiger partial charge in [0, 0.05) is 46.6 Å². The minimum absolute atomic E-state index is 0.0570. The molecule has 2 heterocycles. The van der Waals surface area contributed by atoms with Crippen LogP contribution in [0.3, 0.4) is 0 Å². The first-order chi connectivity index (χ1) is 10.7. The predicted octanol–water partition coefficient (Wildman–Crippen LogP) is 3.66. The summed E-state index contributed by atoms with van der Waals surface area (Å²) in [6, 6.07) is 15.8. The molecule has 1 aliphatic heterocycles. The summed E-state index contributed by atoms with van der Waals surface area (Å²) in [5.74, 6) is 0.0570. The van der Waals surface area contributed by atoms with E-state index in [0.717, 1.165) is 23.4 Å². The number of thiol groups is 1. The highest BCUT2D eigenvalue weighted by atomic mass is 32.1. The van der Waals surface area contributed by atoms with Gasteiger partial charge in [-0.1, -0.05) is 30.3 Å². The molecular formula is C18H16N2OS. The normalized spacial score (nSPS) is 14.1. The SMILES string of the molecule is O=C(c1ccccc1S)N1CCc2[nH]c3ccccc3c2C1. The van der Waals surface area contributed by atoms with Gasteiger partial charge in [0.2, 0.25) is 0 Å². The largest absolute Gasteiger partial charge is 0.358 e. The van der Waals surface area contributed by atoms with Crippen molar-refractivity contribution in [2.24, 2.45) is 0 Å². The van der Waals surface area contributed by atoms with Crippen LogP contribution in [-0.4, -0.2) is 22.3 Å². The Labute approximate surface area is 134 Å². The number of carbonyl (C=O) groups is 1. The molecule has 0 saturated heterocycles. The van der Waals surface area contributed by atoms with Crippen molar-refractivity contribution >= 4 is 29.4 Å². The molecule has 0 radical (unpaired) electrons. The van der Waals surface area contributed by atoms with Crippen molar-refractivity contribution in [3.63, 3.8) is 0 Å². The number of aromatic amines is 1. The third kappa shape index (κ3) is 2.11. The van der Waals surface area contributed by atoms with Crippen LogP contribution in [0, 0.1) is 0 Å². The molecule has 1 aliphatic rings. The lowest BCUT2D eigenvalue weighted by Crippen LogP contribution is -2.36. The topological polar surface area (TPSA) is 36.1 Å². The van der Waals surface area contributed by atoms with E-state index in [2.05, 4.69) is 29.7 Å². The minimum Gasteiger partial charge on any atom is -0.358 e. The summed E-state index contributed by atoms with van der Waals surface area (Å²) in [7, 11) is 0. The van der Waals surface area contributed by atoms with Gasteiger partial charge in [0.25, 0.3) is 5.91 Å². The number of para-hydroxylation sites is 1. The zero-order valence-electron chi connectivity index (χ0n) is 12.0. The van der Waals surface area contributed by atoms with Crippen LogP contribution in [0.5, 0.6) is 0 Å². The van der Waals surface area contributed by atoms with Crippen molar-refractivity contribution in [2.45, 2.75) is 17.9 Å². The Kier molecular flexibility index (Phi) is 3.19. The second kappa shape index (κ2) is 5.21. The molecule has 22 heavy (non-hydrogen) atoms. The summed E-state index contributed by atoms with van der Waals surface area (Å²) in [6.07, 6.45) is 0.866. The Morgan fingerprint density at radius 3 is 2.73 bits per heavy atom. The molecule has 3 nitrogen and oxygen atoms in total. The van der Waals surface area contributed by atoms with Crippen molar-refractivity contribution in [1.29, 1.82) is 0 Å². The number of hydrogen-bond acceptors (Lipinski definition) is 2. The van der Waals surface area contributed by atoms with Crippen molar-refractivity contribution < 1.29 is 4.79 Å². The predicted molar refractivity (Wildman–Crippen MR) is 90.4 cm³/mol. The van der Waals surface area contributed by atoms with Crippen molar-refractivity contribution in [3.8, 4) is 0 Å². The molecule has 1 aromatic heterocycles. The Hall–Kier alpha value is -2.20. The number of H-pyrrole nitrogens is 1. The Balaban J connectivity index is 1.70. The van der Waals surface area contributed by atoms with Gasteiger partial charge in [0.05, 0.1) is 5.56 Å². The third-order valence-corrected chi connectivity index (χ3v) is 4.69. The summed E-state index contributed by atoms with van der Waals surface area (Å²) in [5, 5.41) is 1.22. The second-order valence-electron chi connectivity index (χ2n) is 5.62. The molecule has 1 amide bonds. The summed E-state index contributed by atoms with van der Waals surface area (Å²) < 4.78 is 0. The molecule has 1 N–H and O–H groups in total.